The Morgan fingerprint density at radius 3 is 2.87 bits per heavy atom. The van der Waals surface area contributed by atoms with E-state index < -0.39 is 0 Å². The molecule has 23 heavy (non-hydrogen) atoms. The Bertz CT molecular complexity index is 509. The smallest absolute Gasteiger partial charge is 0.273 e. The van der Waals surface area contributed by atoms with Gasteiger partial charge in [0.2, 0.25) is 0 Å². The second kappa shape index (κ2) is 8.73. The van der Waals surface area contributed by atoms with E-state index in [9.17, 15) is 9.90 Å². The van der Waals surface area contributed by atoms with Crippen molar-refractivity contribution in [3.05, 3.63) is 16.1 Å². The predicted octanol–water partition coefficient (Wildman–Crippen LogP) is 1.10. The maximum Gasteiger partial charge on any atom is 0.273 e. The number of likely N-dealkylation sites (tertiary alicyclic amines) is 1. The largest absolute Gasteiger partial charge is 0.396 e. The molecular weight excluding hydrogens is 314 g/mol. The fourth-order valence-corrected chi connectivity index (χ4v) is 3.74. The Morgan fingerprint density at radius 1 is 1.52 bits per heavy atom. The molecule has 1 aliphatic rings. The van der Waals surface area contributed by atoms with Crippen molar-refractivity contribution in [2.24, 2.45) is 11.8 Å². The summed E-state index contributed by atoms with van der Waals surface area (Å²) < 4.78 is 5.11. The lowest BCUT2D eigenvalue weighted by molar-refractivity contribution is 0.0446. The Labute approximate surface area is 142 Å². The average Bonchev–Trinajstić information content (AvgIpc) is 2.98. The van der Waals surface area contributed by atoms with Crippen LogP contribution in [0.4, 0.5) is 0 Å². The Balaban J connectivity index is 1.98. The number of aliphatic hydroxyl groups excluding tert-OH is 1. The first-order valence-corrected chi connectivity index (χ1v) is 8.91. The monoisotopic (exact) mass is 341 g/mol. The second-order valence-electron chi connectivity index (χ2n) is 6.37. The Morgan fingerprint density at radius 2 is 2.26 bits per heavy atom. The highest BCUT2D eigenvalue weighted by Crippen LogP contribution is 2.24. The van der Waals surface area contributed by atoms with E-state index in [1.807, 2.05) is 17.2 Å². The molecule has 1 aromatic heterocycles. The first-order valence-electron chi connectivity index (χ1n) is 8.03. The van der Waals surface area contributed by atoms with Gasteiger partial charge in [0, 0.05) is 45.3 Å². The molecule has 0 saturated carbocycles. The third-order valence-corrected chi connectivity index (χ3v) is 5.03. The SMILES string of the molecule is COCCN(C)CC1CC(CO)CN(C(=O)c2csc(C)n2)C1. The van der Waals surface area contributed by atoms with E-state index in [2.05, 4.69) is 16.9 Å². The summed E-state index contributed by atoms with van der Waals surface area (Å²) in [5, 5.41) is 12.3. The van der Waals surface area contributed by atoms with Crippen LogP contribution in [-0.4, -0.2) is 79.3 Å². The highest BCUT2D eigenvalue weighted by atomic mass is 32.1. The van der Waals surface area contributed by atoms with Gasteiger partial charge in [-0.25, -0.2) is 4.98 Å². The number of piperidine rings is 1. The van der Waals surface area contributed by atoms with Crippen molar-refractivity contribution in [3.8, 4) is 0 Å². The highest BCUT2D eigenvalue weighted by molar-refractivity contribution is 7.09. The number of amides is 1. The van der Waals surface area contributed by atoms with Crippen LogP contribution in [-0.2, 0) is 4.74 Å². The number of likely N-dealkylation sites (N-methyl/N-ethyl adjacent to an activating group) is 1. The first-order chi connectivity index (χ1) is 11.0. The molecule has 2 unspecified atom stereocenters. The molecule has 1 aliphatic heterocycles. The number of thiazole rings is 1. The number of methoxy groups -OCH3 is 1. The van der Waals surface area contributed by atoms with Crippen LogP contribution in [0.25, 0.3) is 0 Å². The highest BCUT2D eigenvalue weighted by Gasteiger charge is 2.31. The van der Waals surface area contributed by atoms with E-state index >= 15 is 0 Å². The van der Waals surface area contributed by atoms with Gasteiger partial charge < -0.3 is 19.6 Å². The van der Waals surface area contributed by atoms with E-state index in [-0.39, 0.29) is 18.4 Å². The second-order valence-corrected chi connectivity index (χ2v) is 7.43. The number of ether oxygens (including phenoxy) is 1. The van der Waals surface area contributed by atoms with Gasteiger partial charge in [-0.3, -0.25) is 4.79 Å². The standard InChI is InChI=1S/C16H27N3O3S/c1-12-17-15(11-23-12)16(21)19-8-13(6-14(9-19)10-20)7-18(2)4-5-22-3/h11,13-14,20H,4-10H2,1-3H3. The van der Waals surface area contributed by atoms with Crippen LogP contribution in [0.5, 0.6) is 0 Å². The van der Waals surface area contributed by atoms with Crippen molar-refractivity contribution in [2.75, 3.05) is 53.6 Å². The summed E-state index contributed by atoms with van der Waals surface area (Å²) in [6, 6.07) is 0. The summed E-state index contributed by atoms with van der Waals surface area (Å²) in [6.45, 7) is 5.84. The normalized spacial score (nSPS) is 21.9. The molecule has 0 aliphatic carbocycles. The molecule has 2 atom stereocenters. The van der Waals surface area contributed by atoms with Crippen LogP contribution >= 0.6 is 11.3 Å². The van der Waals surface area contributed by atoms with Gasteiger partial charge in [0.15, 0.2) is 0 Å². The third-order valence-electron chi connectivity index (χ3n) is 4.25. The molecule has 130 valence electrons. The zero-order valence-electron chi connectivity index (χ0n) is 14.2. The maximum absolute atomic E-state index is 12.6. The molecule has 7 heteroatoms. The number of nitrogens with zero attached hydrogens (tertiary/aromatic N) is 3. The lowest BCUT2D eigenvalue weighted by atomic mass is 9.89. The summed E-state index contributed by atoms with van der Waals surface area (Å²) in [5.41, 5.74) is 0.526. The zero-order chi connectivity index (χ0) is 16.8. The lowest BCUT2D eigenvalue weighted by Crippen LogP contribution is -2.47. The van der Waals surface area contributed by atoms with Gasteiger partial charge in [0.05, 0.1) is 11.6 Å². The molecule has 2 heterocycles. The van der Waals surface area contributed by atoms with Gasteiger partial charge in [-0.15, -0.1) is 11.3 Å². The number of rotatable bonds is 7. The molecule has 0 aromatic carbocycles. The molecule has 6 nitrogen and oxygen atoms in total. The molecule has 1 amide bonds. The van der Waals surface area contributed by atoms with Crippen molar-refractivity contribution in [1.29, 1.82) is 0 Å². The van der Waals surface area contributed by atoms with E-state index in [0.29, 0.717) is 24.8 Å². The summed E-state index contributed by atoms with van der Waals surface area (Å²) in [5.74, 6) is 0.497. The fourth-order valence-electron chi connectivity index (χ4n) is 3.15. The van der Waals surface area contributed by atoms with Crippen LogP contribution in [0.3, 0.4) is 0 Å². The Hall–Kier alpha value is -1.02. The van der Waals surface area contributed by atoms with Crippen molar-refractivity contribution in [2.45, 2.75) is 13.3 Å². The van der Waals surface area contributed by atoms with Crippen LogP contribution in [0.15, 0.2) is 5.38 Å². The maximum atomic E-state index is 12.6. The minimum absolute atomic E-state index is 0.0166. The minimum Gasteiger partial charge on any atom is -0.396 e. The molecule has 0 spiro atoms. The van der Waals surface area contributed by atoms with Crippen LogP contribution in [0, 0.1) is 18.8 Å². The number of hydrogen-bond acceptors (Lipinski definition) is 6. The topological polar surface area (TPSA) is 65.9 Å². The number of aliphatic hydroxyl groups is 1. The molecular formula is C16H27N3O3S. The minimum atomic E-state index is -0.0166. The summed E-state index contributed by atoms with van der Waals surface area (Å²) in [7, 11) is 3.77. The number of aromatic nitrogens is 1. The van der Waals surface area contributed by atoms with Gasteiger partial charge >= 0.3 is 0 Å². The number of aryl methyl sites for hydroxylation is 1. The molecule has 1 fully saturated rings. The predicted molar refractivity (Wildman–Crippen MR) is 90.8 cm³/mol. The molecule has 1 aromatic rings. The number of carbonyl (C=O) groups excluding carboxylic acids is 1. The molecule has 0 radical (unpaired) electrons. The lowest BCUT2D eigenvalue weighted by Gasteiger charge is -2.38. The van der Waals surface area contributed by atoms with E-state index in [1.165, 1.54) is 11.3 Å². The average molecular weight is 341 g/mol. The van der Waals surface area contributed by atoms with E-state index in [0.717, 1.165) is 31.1 Å². The van der Waals surface area contributed by atoms with E-state index in [4.69, 9.17) is 4.74 Å². The van der Waals surface area contributed by atoms with E-state index in [1.54, 1.807) is 7.11 Å². The van der Waals surface area contributed by atoms with Crippen molar-refractivity contribution in [1.82, 2.24) is 14.8 Å². The molecule has 2 rings (SSSR count). The van der Waals surface area contributed by atoms with Crippen molar-refractivity contribution in [3.63, 3.8) is 0 Å². The quantitative estimate of drug-likeness (QED) is 0.804. The Kier molecular flexibility index (Phi) is 6.95. The zero-order valence-corrected chi connectivity index (χ0v) is 15.0. The van der Waals surface area contributed by atoms with Gasteiger partial charge in [0.1, 0.15) is 5.69 Å². The fraction of sp³-hybridized carbons (Fsp3) is 0.750. The summed E-state index contributed by atoms with van der Waals surface area (Å²) in [4.78, 5) is 21.0. The van der Waals surface area contributed by atoms with Crippen molar-refractivity contribution < 1.29 is 14.6 Å². The number of hydrogen-bond donors (Lipinski definition) is 1. The van der Waals surface area contributed by atoms with Crippen LogP contribution in [0.2, 0.25) is 0 Å². The van der Waals surface area contributed by atoms with Crippen LogP contribution in [0.1, 0.15) is 21.9 Å². The van der Waals surface area contributed by atoms with Crippen LogP contribution < -0.4 is 0 Å². The van der Waals surface area contributed by atoms with Crippen molar-refractivity contribution >= 4 is 17.2 Å². The van der Waals surface area contributed by atoms with Gasteiger partial charge in [-0.2, -0.15) is 0 Å². The third kappa shape index (κ3) is 5.24. The molecule has 1 saturated heterocycles. The molecule has 1 N–H and O–H groups in total. The summed E-state index contributed by atoms with van der Waals surface area (Å²) >= 11 is 1.49. The van der Waals surface area contributed by atoms with Gasteiger partial charge in [-0.05, 0) is 32.2 Å². The number of carbonyl (C=O) groups is 1. The first kappa shape index (κ1) is 18.3. The molecule has 0 bridgehead atoms. The summed E-state index contributed by atoms with van der Waals surface area (Å²) in [6.07, 6.45) is 0.952. The van der Waals surface area contributed by atoms with Gasteiger partial charge in [-0.1, -0.05) is 0 Å². The van der Waals surface area contributed by atoms with Gasteiger partial charge in [0.25, 0.3) is 5.91 Å².